The Morgan fingerprint density at radius 1 is 1.10 bits per heavy atom. The highest BCUT2D eigenvalue weighted by Crippen LogP contribution is 2.31. The minimum Gasteiger partial charge on any atom is -0.489 e. The lowest BCUT2D eigenvalue weighted by molar-refractivity contribution is 0.202. The average molecular weight is 333 g/mol. The van der Waals surface area contributed by atoms with Crippen LogP contribution in [0.3, 0.4) is 0 Å². The van der Waals surface area contributed by atoms with Crippen molar-refractivity contribution >= 4 is 19.7 Å². The molecule has 1 aromatic carbocycles. The molecular weight excluding hydrogens is 314 g/mol. The first-order valence-electron chi connectivity index (χ1n) is 6.54. The topological polar surface area (TPSA) is 104 Å². The molecular formula is C13H19NO5S2. The lowest BCUT2D eigenvalue weighted by Gasteiger charge is -2.16. The molecule has 8 heteroatoms. The van der Waals surface area contributed by atoms with Crippen molar-refractivity contribution in [2.45, 2.75) is 41.2 Å². The molecule has 21 heavy (non-hydrogen) atoms. The zero-order valence-corrected chi connectivity index (χ0v) is 13.6. The summed E-state index contributed by atoms with van der Waals surface area (Å²) in [5, 5.41) is 0. The quantitative estimate of drug-likeness (QED) is 0.872. The van der Waals surface area contributed by atoms with Crippen LogP contribution >= 0.6 is 0 Å². The Kier molecular flexibility index (Phi) is 4.32. The van der Waals surface area contributed by atoms with E-state index in [9.17, 15) is 16.8 Å². The molecule has 0 heterocycles. The van der Waals surface area contributed by atoms with Gasteiger partial charge in [-0.2, -0.15) is 0 Å². The fraction of sp³-hybridized carbons (Fsp3) is 0.538. The summed E-state index contributed by atoms with van der Waals surface area (Å²) in [4.78, 5) is -0.149. The highest BCUT2D eigenvalue weighted by Gasteiger charge is 2.26. The molecule has 0 amide bonds. The van der Waals surface area contributed by atoms with Crippen LogP contribution in [0.25, 0.3) is 0 Å². The maximum atomic E-state index is 11.9. The van der Waals surface area contributed by atoms with E-state index in [0.29, 0.717) is 6.42 Å². The molecule has 1 fully saturated rings. The van der Waals surface area contributed by atoms with Crippen molar-refractivity contribution in [3.8, 4) is 5.75 Å². The van der Waals surface area contributed by atoms with E-state index in [2.05, 4.69) is 0 Å². The molecule has 0 aliphatic heterocycles. The average Bonchev–Trinajstić information content (AvgIpc) is 2.72. The first kappa shape index (κ1) is 16.3. The van der Waals surface area contributed by atoms with Gasteiger partial charge in [0.25, 0.3) is 0 Å². The van der Waals surface area contributed by atoms with Crippen LogP contribution in [0, 0.1) is 0 Å². The molecule has 0 bridgehead atoms. The normalized spacial score (nSPS) is 23.2. The smallest absolute Gasteiger partial charge is 0.179 e. The molecule has 0 saturated heterocycles. The summed E-state index contributed by atoms with van der Waals surface area (Å²) in [5.74, 6) is 0.184. The molecule has 1 aliphatic carbocycles. The van der Waals surface area contributed by atoms with Gasteiger partial charge in [-0.05, 0) is 37.5 Å². The van der Waals surface area contributed by atoms with Gasteiger partial charge < -0.3 is 10.5 Å². The molecule has 1 aromatic rings. The molecule has 2 N–H and O–H groups in total. The summed E-state index contributed by atoms with van der Waals surface area (Å²) in [6.07, 6.45) is 4.19. The third kappa shape index (κ3) is 3.96. The zero-order valence-electron chi connectivity index (χ0n) is 11.9. The van der Waals surface area contributed by atoms with Crippen molar-refractivity contribution in [1.82, 2.24) is 0 Å². The minimum atomic E-state index is -3.59. The van der Waals surface area contributed by atoms with Gasteiger partial charge in [0.15, 0.2) is 19.7 Å². The number of nitrogens with two attached hydrogens (primary N) is 1. The van der Waals surface area contributed by atoms with Gasteiger partial charge in [0.05, 0.1) is 4.90 Å². The van der Waals surface area contributed by atoms with Crippen molar-refractivity contribution in [2.75, 3.05) is 12.5 Å². The van der Waals surface area contributed by atoms with Gasteiger partial charge in [-0.15, -0.1) is 0 Å². The van der Waals surface area contributed by atoms with Crippen molar-refractivity contribution in [1.29, 1.82) is 0 Å². The highest BCUT2D eigenvalue weighted by molar-refractivity contribution is 7.91. The standard InChI is InChI=1S/C13H19NO5S2/c1-20(15,16)11-5-6-12(13(8-11)21(2,17)18)19-10-4-3-9(14)7-10/h5-6,8-10H,3-4,7,14H2,1-2H3. The molecule has 2 atom stereocenters. The third-order valence-electron chi connectivity index (χ3n) is 3.46. The van der Waals surface area contributed by atoms with Gasteiger partial charge >= 0.3 is 0 Å². The summed E-state index contributed by atoms with van der Waals surface area (Å²) in [6.45, 7) is 0. The lowest BCUT2D eigenvalue weighted by atomic mass is 10.2. The highest BCUT2D eigenvalue weighted by atomic mass is 32.2. The van der Waals surface area contributed by atoms with E-state index >= 15 is 0 Å². The fourth-order valence-corrected chi connectivity index (χ4v) is 3.91. The maximum Gasteiger partial charge on any atom is 0.179 e. The van der Waals surface area contributed by atoms with Gasteiger partial charge in [0.2, 0.25) is 0 Å². The molecule has 2 rings (SSSR count). The van der Waals surface area contributed by atoms with E-state index in [1.165, 1.54) is 12.1 Å². The molecule has 0 spiro atoms. The lowest BCUT2D eigenvalue weighted by Crippen LogP contribution is -2.20. The predicted octanol–water partition coefficient (Wildman–Crippen LogP) is 0.752. The first-order chi connectivity index (χ1) is 9.57. The Bertz CT molecular complexity index is 740. The van der Waals surface area contributed by atoms with Crippen LogP contribution in [0.15, 0.2) is 28.0 Å². The SMILES string of the molecule is CS(=O)(=O)c1ccc(OC2CCC(N)C2)c(S(C)(=O)=O)c1. The molecule has 2 unspecified atom stereocenters. The van der Waals surface area contributed by atoms with Crippen LogP contribution in [-0.4, -0.2) is 41.5 Å². The van der Waals surface area contributed by atoms with E-state index in [-0.39, 0.29) is 27.7 Å². The van der Waals surface area contributed by atoms with E-state index in [4.69, 9.17) is 10.5 Å². The van der Waals surface area contributed by atoms with E-state index in [1.54, 1.807) is 0 Å². The summed E-state index contributed by atoms with van der Waals surface area (Å²) in [5.41, 5.74) is 5.81. The summed E-state index contributed by atoms with van der Waals surface area (Å²) >= 11 is 0. The number of ether oxygens (including phenoxy) is 1. The molecule has 0 aromatic heterocycles. The third-order valence-corrected chi connectivity index (χ3v) is 5.69. The van der Waals surface area contributed by atoms with Crippen LogP contribution in [0.4, 0.5) is 0 Å². The van der Waals surface area contributed by atoms with Gasteiger partial charge in [-0.25, -0.2) is 16.8 Å². The number of benzene rings is 1. The minimum absolute atomic E-state index is 0.0431. The largest absolute Gasteiger partial charge is 0.489 e. The molecule has 1 saturated carbocycles. The number of hydrogen-bond donors (Lipinski definition) is 1. The Morgan fingerprint density at radius 2 is 1.76 bits per heavy atom. The van der Waals surface area contributed by atoms with Crippen molar-refractivity contribution in [3.63, 3.8) is 0 Å². The van der Waals surface area contributed by atoms with Crippen LogP contribution < -0.4 is 10.5 Å². The zero-order chi connectivity index (χ0) is 15.8. The van der Waals surface area contributed by atoms with Gasteiger partial charge in [0.1, 0.15) is 16.7 Å². The van der Waals surface area contributed by atoms with Crippen molar-refractivity contribution in [2.24, 2.45) is 5.73 Å². The Hall–Kier alpha value is -1.12. The van der Waals surface area contributed by atoms with E-state index < -0.39 is 19.7 Å². The van der Waals surface area contributed by atoms with Crippen LogP contribution in [0.5, 0.6) is 5.75 Å². The second kappa shape index (κ2) is 5.58. The summed E-state index contributed by atoms with van der Waals surface area (Å²) in [7, 11) is -7.07. The number of rotatable bonds is 4. The molecule has 0 radical (unpaired) electrons. The molecule has 118 valence electrons. The van der Waals surface area contributed by atoms with E-state index in [1.807, 2.05) is 0 Å². The Balaban J connectivity index is 2.41. The van der Waals surface area contributed by atoms with E-state index in [0.717, 1.165) is 31.4 Å². The number of hydrogen-bond acceptors (Lipinski definition) is 6. The van der Waals surface area contributed by atoms with Crippen LogP contribution in [-0.2, 0) is 19.7 Å². The maximum absolute atomic E-state index is 11.9. The van der Waals surface area contributed by atoms with Gasteiger partial charge in [0, 0.05) is 18.6 Å². The second-order valence-electron chi connectivity index (χ2n) is 5.47. The van der Waals surface area contributed by atoms with Crippen molar-refractivity contribution in [3.05, 3.63) is 18.2 Å². The summed E-state index contributed by atoms with van der Waals surface area (Å²) < 4.78 is 52.6. The molecule has 6 nitrogen and oxygen atoms in total. The fourth-order valence-electron chi connectivity index (χ4n) is 2.37. The van der Waals surface area contributed by atoms with Crippen LogP contribution in [0.1, 0.15) is 19.3 Å². The van der Waals surface area contributed by atoms with Gasteiger partial charge in [-0.1, -0.05) is 0 Å². The first-order valence-corrected chi connectivity index (χ1v) is 10.3. The van der Waals surface area contributed by atoms with Crippen LogP contribution in [0.2, 0.25) is 0 Å². The van der Waals surface area contributed by atoms with Gasteiger partial charge in [-0.3, -0.25) is 0 Å². The Morgan fingerprint density at radius 3 is 2.24 bits per heavy atom. The second-order valence-corrected chi connectivity index (χ2v) is 9.47. The summed E-state index contributed by atoms with van der Waals surface area (Å²) in [6, 6.07) is 3.96. The predicted molar refractivity (Wildman–Crippen MR) is 78.9 cm³/mol. The monoisotopic (exact) mass is 333 g/mol. The number of sulfone groups is 2. The molecule has 1 aliphatic rings. The Labute approximate surface area is 125 Å². The van der Waals surface area contributed by atoms with Crippen molar-refractivity contribution < 1.29 is 21.6 Å².